The molecule has 2 aromatic carbocycles. The van der Waals surface area contributed by atoms with Crippen LogP contribution in [-0.2, 0) is 23.1 Å². The summed E-state index contributed by atoms with van der Waals surface area (Å²) in [5, 5.41) is 10.9. The molecule has 3 N–H and O–H groups in total. The molecule has 0 aliphatic carbocycles. The van der Waals surface area contributed by atoms with E-state index in [0.717, 1.165) is 12.1 Å². The van der Waals surface area contributed by atoms with Gasteiger partial charge in [-0.05, 0) is 17.7 Å². The molecule has 0 aliphatic rings. The lowest BCUT2D eigenvalue weighted by Crippen LogP contribution is -2.24. The van der Waals surface area contributed by atoms with Gasteiger partial charge in [-0.25, -0.2) is 17.5 Å². The summed E-state index contributed by atoms with van der Waals surface area (Å²) in [7, 11) is -4.15. The zero-order chi connectivity index (χ0) is 17.0. The van der Waals surface area contributed by atoms with Crippen LogP contribution >= 0.6 is 0 Å². The monoisotopic (exact) mass is 339 g/mol. The Bertz CT molecular complexity index is 840. The number of nitro groups is 1. The van der Waals surface area contributed by atoms with E-state index in [0.29, 0.717) is 5.56 Å². The third-order valence-corrected chi connectivity index (χ3v) is 4.61. The number of halogens is 1. The number of nitro benzene ring substituents is 1. The maximum atomic E-state index is 13.8. The maximum Gasteiger partial charge on any atom is 0.289 e. The highest BCUT2D eigenvalue weighted by molar-refractivity contribution is 7.89. The number of hydrogen-bond donors (Lipinski definition) is 2. The number of benzene rings is 2. The Morgan fingerprint density at radius 2 is 1.91 bits per heavy atom. The zero-order valence-electron chi connectivity index (χ0n) is 11.9. The first-order valence-corrected chi connectivity index (χ1v) is 8.04. The van der Waals surface area contributed by atoms with Crippen LogP contribution in [0.1, 0.15) is 11.1 Å². The number of hydrogen-bond acceptors (Lipinski definition) is 5. The van der Waals surface area contributed by atoms with Gasteiger partial charge in [0.15, 0.2) is 4.90 Å². The lowest BCUT2D eigenvalue weighted by molar-refractivity contribution is -0.387. The second-order valence-corrected chi connectivity index (χ2v) is 6.41. The van der Waals surface area contributed by atoms with E-state index < -0.39 is 31.3 Å². The summed E-state index contributed by atoms with van der Waals surface area (Å²) in [6, 6.07) is 9.16. The van der Waals surface area contributed by atoms with Gasteiger partial charge in [-0.15, -0.1) is 0 Å². The minimum atomic E-state index is -4.15. The summed E-state index contributed by atoms with van der Waals surface area (Å²) < 4.78 is 40.4. The fourth-order valence-electron chi connectivity index (χ4n) is 1.95. The molecule has 0 saturated carbocycles. The van der Waals surface area contributed by atoms with Crippen molar-refractivity contribution < 1.29 is 17.7 Å². The molecular formula is C14H14FN3O4S. The maximum absolute atomic E-state index is 13.8. The van der Waals surface area contributed by atoms with Gasteiger partial charge in [-0.3, -0.25) is 10.1 Å². The average molecular weight is 339 g/mol. The summed E-state index contributed by atoms with van der Waals surface area (Å²) >= 11 is 0. The lowest BCUT2D eigenvalue weighted by atomic mass is 10.1. The highest BCUT2D eigenvalue weighted by atomic mass is 32.2. The second kappa shape index (κ2) is 6.82. The van der Waals surface area contributed by atoms with Crippen molar-refractivity contribution in [3.05, 3.63) is 69.5 Å². The van der Waals surface area contributed by atoms with Crippen LogP contribution in [-0.4, -0.2) is 13.3 Å². The highest BCUT2D eigenvalue weighted by Gasteiger charge is 2.24. The van der Waals surface area contributed by atoms with Crippen molar-refractivity contribution in [2.45, 2.75) is 18.0 Å². The Morgan fingerprint density at radius 3 is 2.52 bits per heavy atom. The van der Waals surface area contributed by atoms with Crippen molar-refractivity contribution >= 4 is 15.7 Å². The molecule has 2 aromatic rings. The quantitative estimate of drug-likeness (QED) is 0.613. The first-order valence-electron chi connectivity index (χ1n) is 6.55. The molecule has 0 radical (unpaired) electrons. The number of rotatable bonds is 6. The predicted molar refractivity (Wildman–Crippen MR) is 81.4 cm³/mol. The third-order valence-electron chi connectivity index (χ3n) is 3.16. The normalized spacial score (nSPS) is 11.4. The SMILES string of the molecule is NCc1ccc(CNS(=O)(=O)c2ccccc2[N+](=O)[O-])c(F)c1. The van der Waals surface area contributed by atoms with Crippen molar-refractivity contribution in [2.24, 2.45) is 5.73 Å². The van der Waals surface area contributed by atoms with Crippen molar-refractivity contribution in [3.63, 3.8) is 0 Å². The molecule has 7 nitrogen and oxygen atoms in total. The van der Waals surface area contributed by atoms with Crippen LogP contribution in [0.4, 0.5) is 10.1 Å². The number of nitrogens with one attached hydrogen (secondary N) is 1. The molecular weight excluding hydrogens is 325 g/mol. The predicted octanol–water partition coefficient (Wildman–Crippen LogP) is 1.67. The van der Waals surface area contributed by atoms with E-state index >= 15 is 0 Å². The molecule has 0 amide bonds. The van der Waals surface area contributed by atoms with Crippen LogP contribution < -0.4 is 10.5 Å². The smallest absolute Gasteiger partial charge is 0.289 e. The Kier molecular flexibility index (Phi) is 5.04. The van der Waals surface area contributed by atoms with Crippen LogP contribution in [0.2, 0.25) is 0 Å². The fourth-order valence-corrected chi connectivity index (χ4v) is 3.12. The van der Waals surface area contributed by atoms with E-state index in [4.69, 9.17) is 5.73 Å². The summed E-state index contributed by atoms with van der Waals surface area (Å²) in [6.45, 7) is -0.162. The molecule has 0 aromatic heterocycles. The van der Waals surface area contributed by atoms with Crippen LogP contribution in [0.3, 0.4) is 0 Å². The molecule has 0 fully saturated rings. The third kappa shape index (κ3) is 3.89. The molecule has 0 spiro atoms. The van der Waals surface area contributed by atoms with Crippen LogP contribution in [0, 0.1) is 15.9 Å². The van der Waals surface area contributed by atoms with Crippen molar-refractivity contribution in [3.8, 4) is 0 Å². The first kappa shape index (κ1) is 17.0. The molecule has 0 unspecified atom stereocenters. The Balaban J connectivity index is 2.25. The molecule has 0 aliphatic heterocycles. The Morgan fingerprint density at radius 1 is 1.22 bits per heavy atom. The fraction of sp³-hybridized carbons (Fsp3) is 0.143. The largest absolute Gasteiger partial charge is 0.326 e. The molecule has 0 saturated heterocycles. The minimum absolute atomic E-state index is 0.115. The second-order valence-electron chi connectivity index (χ2n) is 4.68. The molecule has 0 atom stereocenters. The Labute approximate surface area is 132 Å². The van der Waals surface area contributed by atoms with Gasteiger partial charge in [-0.1, -0.05) is 24.3 Å². The van der Waals surface area contributed by atoms with E-state index in [-0.39, 0.29) is 18.7 Å². The van der Waals surface area contributed by atoms with Gasteiger partial charge in [0.1, 0.15) is 5.82 Å². The van der Waals surface area contributed by atoms with E-state index in [1.54, 1.807) is 6.07 Å². The van der Waals surface area contributed by atoms with Gasteiger partial charge in [0, 0.05) is 24.7 Å². The van der Waals surface area contributed by atoms with Crippen molar-refractivity contribution in [1.82, 2.24) is 4.72 Å². The molecule has 2 rings (SSSR count). The van der Waals surface area contributed by atoms with Gasteiger partial charge in [0.2, 0.25) is 10.0 Å². The number of nitrogens with two attached hydrogens (primary N) is 1. The van der Waals surface area contributed by atoms with Crippen LogP contribution in [0.25, 0.3) is 0 Å². The average Bonchev–Trinajstić information content (AvgIpc) is 2.53. The minimum Gasteiger partial charge on any atom is -0.326 e. The number of nitrogens with zero attached hydrogens (tertiary/aromatic N) is 1. The molecule has 122 valence electrons. The summed E-state index contributed by atoms with van der Waals surface area (Å²) in [6.07, 6.45) is 0. The molecule has 9 heteroatoms. The molecule has 0 heterocycles. The summed E-state index contributed by atoms with van der Waals surface area (Å²) in [5.74, 6) is -0.599. The number of sulfonamides is 1. The van der Waals surface area contributed by atoms with E-state index in [9.17, 15) is 22.9 Å². The van der Waals surface area contributed by atoms with Crippen LogP contribution in [0.5, 0.6) is 0 Å². The first-order chi connectivity index (χ1) is 10.8. The highest BCUT2D eigenvalue weighted by Crippen LogP contribution is 2.23. The van der Waals surface area contributed by atoms with E-state index in [1.165, 1.54) is 24.3 Å². The van der Waals surface area contributed by atoms with Crippen molar-refractivity contribution in [1.29, 1.82) is 0 Å². The van der Waals surface area contributed by atoms with Gasteiger partial charge in [-0.2, -0.15) is 0 Å². The topological polar surface area (TPSA) is 115 Å². The molecule has 23 heavy (non-hydrogen) atoms. The summed E-state index contributed by atoms with van der Waals surface area (Å²) in [5.41, 5.74) is 5.54. The molecule has 0 bridgehead atoms. The summed E-state index contributed by atoms with van der Waals surface area (Å²) in [4.78, 5) is 9.65. The van der Waals surface area contributed by atoms with Gasteiger partial charge >= 0.3 is 0 Å². The standard InChI is InChI=1S/C14H14FN3O4S/c15-12-7-10(8-16)5-6-11(12)9-17-23(21,22)14-4-2-1-3-13(14)18(19)20/h1-7,17H,8-9,16H2. The lowest BCUT2D eigenvalue weighted by Gasteiger charge is -2.09. The number of para-hydroxylation sites is 1. The van der Waals surface area contributed by atoms with Crippen LogP contribution in [0.15, 0.2) is 47.4 Å². The van der Waals surface area contributed by atoms with Gasteiger partial charge in [0.25, 0.3) is 5.69 Å². The van der Waals surface area contributed by atoms with Crippen molar-refractivity contribution in [2.75, 3.05) is 0 Å². The zero-order valence-corrected chi connectivity index (χ0v) is 12.7. The Hall–Kier alpha value is -2.36. The van der Waals surface area contributed by atoms with E-state index in [2.05, 4.69) is 4.72 Å². The van der Waals surface area contributed by atoms with Gasteiger partial charge in [0.05, 0.1) is 4.92 Å². The van der Waals surface area contributed by atoms with Gasteiger partial charge < -0.3 is 5.73 Å². The van der Waals surface area contributed by atoms with E-state index in [1.807, 2.05) is 0 Å².